The van der Waals surface area contributed by atoms with Crippen LogP contribution in [0.5, 0.6) is 5.75 Å². The standard InChI is InChI=1S/C14H18N2O4S/c15-21(18,19)20-9-6-7-11-10-4-2-1-3-5-12(10)14(17)16-13(11)8-9/h6-8,10,12H,1-5H2,(H,16,17)(H2,15,18,19). The van der Waals surface area contributed by atoms with Crippen molar-refractivity contribution in [3.63, 3.8) is 0 Å². The number of hydrogen-bond acceptors (Lipinski definition) is 4. The van der Waals surface area contributed by atoms with Crippen molar-refractivity contribution in [2.75, 3.05) is 5.32 Å². The van der Waals surface area contributed by atoms with Gasteiger partial charge in [0.15, 0.2) is 0 Å². The van der Waals surface area contributed by atoms with E-state index in [0.29, 0.717) is 5.69 Å². The Balaban J connectivity index is 1.96. The van der Waals surface area contributed by atoms with Crippen LogP contribution in [0.2, 0.25) is 0 Å². The number of nitrogens with one attached hydrogen (secondary N) is 1. The van der Waals surface area contributed by atoms with Crippen molar-refractivity contribution in [1.82, 2.24) is 0 Å². The highest BCUT2D eigenvalue weighted by Gasteiger charge is 2.36. The average Bonchev–Trinajstić information content (AvgIpc) is 2.62. The van der Waals surface area contributed by atoms with Crippen LogP contribution in [-0.2, 0) is 15.1 Å². The number of amides is 1. The van der Waals surface area contributed by atoms with Gasteiger partial charge in [0.05, 0.1) is 0 Å². The minimum absolute atomic E-state index is 0.0159. The molecule has 1 heterocycles. The predicted molar refractivity (Wildman–Crippen MR) is 78.1 cm³/mol. The summed E-state index contributed by atoms with van der Waals surface area (Å²) < 4.78 is 26.6. The summed E-state index contributed by atoms with van der Waals surface area (Å²) in [5.41, 5.74) is 1.69. The van der Waals surface area contributed by atoms with Crippen molar-refractivity contribution in [1.29, 1.82) is 0 Å². The van der Waals surface area contributed by atoms with Gasteiger partial charge in [-0.3, -0.25) is 4.79 Å². The molecule has 1 amide bonds. The monoisotopic (exact) mass is 310 g/mol. The summed E-state index contributed by atoms with van der Waals surface area (Å²) in [5.74, 6) is 0.357. The molecule has 7 heteroatoms. The van der Waals surface area contributed by atoms with Crippen molar-refractivity contribution in [3.05, 3.63) is 23.8 Å². The summed E-state index contributed by atoms with van der Waals surface area (Å²) in [6.45, 7) is 0. The van der Waals surface area contributed by atoms with E-state index in [9.17, 15) is 13.2 Å². The van der Waals surface area contributed by atoms with Crippen LogP contribution in [-0.4, -0.2) is 14.3 Å². The Hall–Kier alpha value is -1.60. The zero-order valence-electron chi connectivity index (χ0n) is 11.5. The molecule has 114 valence electrons. The fourth-order valence-corrected chi connectivity index (χ4v) is 3.74. The van der Waals surface area contributed by atoms with Crippen molar-refractivity contribution in [3.8, 4) is 5.75 Å². The van der Waals surface area contributed by atoms with Gasteiger partial charge < -0.3 is 9.50 Å². The van der Waals surface area contributed by atoms with E-state index in [4.69, 9.17) is 5.14 Å². The fourth-order valence-electron chi connectivity index (χ4n) is 3.37. The van der Waals surface area contributed by atoms with Crippen LogP contribution in [0.15, 0.2) is 18.2 Å². The van der Waals surface area contributed by atoms with E-state index in [0.717, 1.165) is 37.7 Å². The summed E-state index contributed by atoms with van der Waals surface area (Å²) in [6.07, 6.45) is 5.24. The topological polar surface area (TPSA) is 98.5 Å². The number of fused-ring (bicyclic) bond motifs is 3. The molecule has 1 aliphatic heterocycles. The summed E-state index contributed by atoms with van der Waals surface area (Å²) in [5, 5.41) is 7.72. The first-order valence-electron chi connectivity index (χ1n) is 7.11. The summed E-state index contributed by atoms with van der Waals surface area (Å²) in [7, 11) is -4.06. The third-order valence-electron chi connectivity index (χ3n) is 4.25. The van der Waals surface area contributed by atoms with Crippen LogP contribution in [0.25, 0.3) is 0 Å². The molecule has 6 nitrogen and oxygen atoms in total. The lowest BCUT2D eigenvalue weighted by molar-refractivity contribution is -0.121. The second-order valence-electron chi connectivity index (χ2n) is 5.67. The van der Waals surface area contributed by atoms with E-state index in [-0.39, 0.29) is 23.5 Å². The van der Waals surface area contributed by atoms with Gasteiger partial charge in [0.1, 0.15) is 5.75 Å². The van der Waals surface area contributed by atoms with Gasteiger partial charge in [0, 0.05) is 17.7 Å². The van der Waals surface area contributed by atoms with E-state index in [2.05, 4.69) is 9.50 Å². The van der Waals surface area contributed by atoms with Gasteiger partial charge in [-0.1, -0.05) is 25.3 Å². The van der Waals surface area contributed by atoms with Crippen molar-refractivity contribution in [2.45, 2.75) is 38.0 Å². The molecule has 1 aromatic carbocycles. The highest BCUT2D eigenvalue weighted by atomic mass is 32.2. The third kappa shape index (κ3) is 3.03. The third-order valence-corrected chi connectivity index (χ3v) is 4.67. The first kappa shape index (κ1) is 14.3. The Labute approximate surface area is 123 Å². The van der Waals surface area contributed by atoms with Crippen LogP contribution < -0.4 is 14.6 Å². The molecule has 2 aliphatic rings. The van der Waals surface area contributed by atoms with Gasteiger partial charge in [-0.05, 0) is 30.4 Å². The van der Waals surface area contributed by atoms with Crippen LogP contribution in [0.1, 0.15) is 43.6 Å². The number of nitrogens with two attached hydrogens (primary N) is 1. The summed E-state index contributed by atoms with van der Waals surface area (Å²) >= 11 is 0. The van der Waals surface area contributed by atoms with Crippen LogP contribution in [0, 0.1) is 5.92 Å². The van der Waals surface area contributed by atoms with Gasteiger partial charge in [-0.25, -0.2) is 0 Å². The molecule has 0 bridgehead atoms. The van der Waals surface area contributed by atoms with Gasteiger partial charge >= 0.3 is 10.3 Å². The minimum Gasteiger partial charge on any atom is -0.371 e. The quantitative estimate of drug-likeness (QED) is 0.871. The van der Waals surface area contributed by atoms with Gasteiger partial charge in [-0.2, -0.15) is 13.6 Å². The normalized spacial score (nSPS) is 25.3. The maximum atomic E-state index is 12.2. The molecule has 1 aliphatic carbocycles. The predicted octanol–water partition coefficient (Wildman–Crippen LogP) is 1.88. The maximum absolute atomic E-state index is 12.2. The van der Waals surface area contributed by atoms with Crippen LogP contribution in [0.3, 0.4) is 0 Å². The van der Waals surface area contributed by atoms with E-state index >= 15 is 0 Å². The summed E-state index contributed by atoms with van der Waals surface area (Å²) in [4.78, 5) is 12.2. The molecule has 1 saturated carbocycles. The number of carbonyl (C=O) groups is 1. The molecule has 3 rings (SSSR count). The first-order valence-corrected chi connectivity index (χ1v) is 8.58. The van der Waals surface area contributed by atoms with Crippen molar-refractivity contribution < 1.29 is 17.4 Å². The lowest BCUT2D eigenvalue weighted by Crippen LogP contribution is -2.33. The maximum Gasteiger partial charge on any atom is 0.380 e. The largest absolute Gasteiger partial charge is 0.380 e. The lowest BCUT2D eigenvalue weighted by Gasteiger charge is -2.32. The number of benzene rings is 1. The first-order chi connectivity index (χ1) is 9.94. The van der Waals surface area contributed by atoms with E-state index < -0.39 is 10.3 Å². The molecule has 1 fully saturated rings. The highest BCUT2D eigenvalue weighted by Crippen LogP contribution is 2.44. The molecule has 21 heavy (non-hydrogen) atoms. The van der Waals surface area contributed by atoms with Crippen molar-refractivity contribution >= 4 is 21.9 Å². The smallest absolute Gasteiger partial charge is 0.371 e. The van der Waals surface area contributed by atoms with E-state index in [1.54, 1.807) is 6.07 Å². The lowest BCUT2D eigenvalue weighted by atomic mass is 9.78. The molecule has 2 atom stereocenters. The van der Waals surface area contributed by atoms with Crippen LogP contribution >= 0.6 is 0 Å². The number of carbonyl (C=O) groups excluding carboxylic acids is 1. The molecule has 2 unspecified atom stereocenters. The molecular weight excluding hydrogens is 292 g/mol. The fraction of sp³-hybridized carbons (Fsp3) is 0.500. The molecule has 1 aromatic rings. The van der Waals surface area contributed by atoms with Gasteiger partial charge in [0.25, 0.3) is 0 Å². The second-order valence-corrected chi connectivity index (χ2v) is 6.82. The average molecular weight is 310 g/mol. The van der Waals surface area contributed by atoms with Crippen LogP contribution in [0.4, 0.5) is 5.69 Å². The number of rotatable bonds is 2. The molecule has 0 spiro atoms. The molecule has 0 saturated heterocycles. The van der Waals surface area contributed by atoms with Gasteiger partial charge in [0.2, 0.25) is 5.91 Å². The zero-order valence-corrected chi connectivity index (χ0v) is 12.4. The Morgan fingerprint density at radius 2 is 1.86 bits per heavy atom. The van der Waals surface area contributed by atoms with E-state index in [1.165, 1.54) is 6.07 Å². The number of hydrogen-bond donors (Lipinski definition) is 2. The van der Waals surface area contributed by atoms with E-state index in [1.807, 2.05) is 6.07 Å². The summed E-state index contributed by atoms with van der Waals surface area (Å²) in [6, 6.07) is 4.94. The highest BCUT2D eigenvalue weighted by molar-refractivity contribution is 7.84. The minimum atomic E-state index is -4.06. The molecule has 3 N–H and O–H groups in total. The second kappa shape index (κ2) is 5.31. The Morgan fingerprint density at radius 1 is 1.14 bits per heavy atom. The van der Waals surface area contributed by atoms with Gasteiger partial charge in [-0.15, -0.1) is 0 Å². The molecular formula is C14H18N2O4S. The Morgan fingerprint density at radius 3 is 2.57 bits per heavy atom. The SMILES string of the molecule is NS(=O)(=O)Oc1ccc2c(c1)NC(=O)C1CCCCCC21. The Bertz CT molecular complexity index is 672. The van der Waals surface area contributed by atoms with Crippen molar-refractivity contribution in [2.24, 2.45) is 11.1 Å². The molecule has 0 aromatic heterocycles. The Kier molecular flexibility index (Phi) is 3.62. The zero-order chi connectivity index (χ0) is 15.0. The molecule has 0 radical (unpaired) electrons. The number of anilines is 1.